The standard InChI is InChI=1S/C18H19N5O2/c19-15(24)10-16-20-18(17-13-8-4-5-9-14(13)25-22-17)23(21-16)11-12-6-2-1-3-7-12/h1-3,6-7H,4-5,8-11H2,(H2,19,24). The van der Waals surface area contributed by atoms with Gasteiger partial charge < -0.3 is 10.3 Å². The molecule has 0 atom stereocenters. The van der Waals surface area contributed by atoms with Gasteiger partial charge in [-0.1, -0.05) is 35.5 Å². The van der Waals surface area contributed by atoms with Crippen molar-refractivity contribution in [3.8, 4) is 11.5 Å². The third-order valence-electron chi connectivity index (χ3n) is 4.39. The smallest absolute Gasteiger partial charge is 0.225 e. The number of fused-ring (bicyclic) bond motifs is 1. The summed E-state index contributed by atoms with van der Waals surface area (Å²) in [6, 6.07) is 9.98. The van der Waals surface area contributed by atoms with Crippen LogP contribution in [0, 0.1) is 0 Å². The number of primary amides is 1. The predicted molar refractivity (Wildman–Crippen MR) is 90.6 cm³/mol. The fourth-order valence-corrected chi connectivity index (χ4v) is 3.22. The Morgan fingerprint density at radius 3 is 2.80 bits per heavy atom. The van der Waals surface area contributed by atoms with E-state index in [1.807, 2.05) is 30.3 Å². The quantitative estimate of drug-likeness (QED) is 0.766. The Balaban J connectivity index is 1.76. The third kappa shape index (κ3) is 3.17. The molecule has 2 aromatic heterocycles. The molecule has 2 N–H and O–H groups in total. The van der Waals surface area contributed by atoms with Crippen LogP contribution in [0.3, 0.4) is 0 Å². The Hall–Kier alpha value is -2.96. The summed E-state index contributed by atoms with van der Waals surface area (Å²) < 4.78 is 7.29. The molecule has 0 spiro atoms. The van der Waals surface area contributed by atoms with Crippen LogP contribution in [0.5, 0.6) is 0 Å². The van der Waals surface area contributed by atoms with Gasteiger partial charge in [-0.3, -0.25) is 4.79 Å². The van der Waals surface area contributed by atoms with E-state index in [2.05, 4.69) is 15.2 Å². The van der Waals surface area contributed by atoms with Gasteiger partial charge >= 0.3 is 0 Å². The van der Waals surface area contributed by atoms with Crippen molar-refractivity contribution in [2.45, 2.75) is 38.6 Å². The van der Waals surface area contributed by atoms with Crippen LogP contribution in [-0.2, 0) is 30.6 Å². The van der Waals surface area contributed by atoms with Gasteiger partial charge in [-0.05, 0) is 24.8 Å². The number of rotatable bonds is 5. The highest BCUT2D eigenvalue weighted by molar-refractivity contribution is 5.75. The van der Waals surface area contributed by atoms with Gasteiger partial charge in [-0.25, -0.2) is 9.67 Å². The monoisotopic (exact) mass is 337 g/mol. The molecule has 0 bridgehead atoms. The maximum absolute atomic E-state index is 11.3. The maximum Gasteiger partial charge on any atom is 0.225 e. The van der Waals surface area contributed by atoms with E-state index in [1.165, 1.54) is 0 Å². The molecule has 2 heterocycles. The molecule has 1 aromatic carbocycles. The molecule has 0 saturated carbocycles. The van der Waals surface area contributed by atoms with Crippen LogP contribution in [0.25, 0.3) is 11.5 Å². The van der Waals surface area contributed by atoms with E-state index in [9.17, 15) is 4.79 Å². The van der Waals surface area contributed by atoms with E-state index in [1.54, 1.807) is 4.68 Å². The molecular formula is C18H19N5O2. The number of carbonyl (C=O) groups excluding carboxylic acids is 1. The summed E-state index contributed by atoms with van der Waals surface area (Å²) in [6.07, 6.45) is 4.07. The molecule has 4 rings (SSSR count). The van der Waals surface area contributed by atoms with Crippen LogP contribution in [0.4, 0.5) is 0 Å². The predicted octanol–water partition coefficient (Wildman–Crippen LogP) is 1.89. The Labute approximate surface area is 144 Å². The lowest BCUT2D eigenvalue weighted by molar-refractivity contribution is -0.117. The van der Waals surface area contributed by atoms with Crippen molar-refractivity contribution in [2.24, 2.45) is 5.73 Å². The molecule has 0 radical (unpaired) electrons. The fraction of sp³-hybridized carbons (Fsp3) is 0.333. The molecule has 1 amide bonds. The molecule has 1 aliphatic carbocycles. The lowest BCUT2D eigenvalue weighted by Gasteiger charge is -2.09. The summed E-state index contributed by atoms with van der Waals surface area (Å²) >= 11 is 0. The molecular weight excluding hydrogens is 318 g/mol. The Bertz CT molecular complexity index is 898. The summed E-state index contributed by atoms with van der Waals surface area (Å²) in [6.45, 7) is 0.545. The third-order valence-corrected chi connectivity index (χ3v) is 4.39. The molecule has 7 heteroatoms. The Morgan fingerprint density at radius 2 is 2.00 bits per heavy atom. The summed E-state index contributed by atoms with van der Waals surface area (Å²) in [5.74, 6) is 1.52. The van der Waals surface area contributed by atoms with E-state index < -0.39 is 5.91 Å². The zero-order valence-corrected chi connectivity index (χ0v) is 13.8. The lowest BCUT2D eigenvalue weighted by Crippen LogP contribution is -2.15. The Morgan fingerprint density at radius 1 is 1.20 bits per heavy atom. The lowest BCUT2D eigenvalue weighted by atomic mass is 9.96. The van der Waals surface area contributed by atoms with Crippen LogP contribution in [-0.4, -0.2) is 25.8 Å². The number of amides is 1. The highest BCUT2D eigenvalue weighted by Crippen LogP contribution is 2.30. The normalized spacial score (nSPS) is 13.6. The number of nitrogens with zero attached hydrogens (tertiary/aromatic N) is 4. The van der Waals surface area contributed by atoms with Crippen molar-refractivity contribution < 1.29 is 9.32 Å². The second kappa shape index (κ2) is 6.51. The van der Waals surface area contributed by atoms with Crippen LogP contribution in [0.2, 0.25) is 0 Å². The number of carbonyl (C=O) groups is 1. The molecule has 3 aromatic rings. The highest BCUT2D eigenvalue weighted by atomic mass is 16.5. The van der Waals surface area contributed by atoms with Crippen molar-refractivity contribution in [1.29, 1.82) is 0 Å². The van der Waals surface area contributed by atoms with Gasteiger partial charge in [0.2, 0.25) is 5.91 Å². The minimum atomic E-state index is -0.453. The first kappa shape index (κ1) is 15.6. The van der Waals surface area contributed by atoms with Crippen LogP contribution >= 0.6 is 0 Å². The number of hydrogen-bond acceptors (Lipinski definition) is 5. The average molecular weight is 337 g/mol. The van der Waals surface area contributed by atoms with Gasteiger partial charge in [-0.15, -0.1) is 0 Å². The van der Waals surface area contributed by atoms with Crippen LogP contribution in [0.15, 0.2) is 34.9 Å². The second-order valence-corrected chi connectivity index (χ2v) is 6.28. The molecule has 0 unspecified atom stereocenters. The number of aryl methyl sites for hydroxylation is 1. The van der Waals surface area contributed by atoms with Crippen LogP contribution < -0.4 is 5.73 Å². The van der Waals surface area contributed by atoms with Crippen molar-refractivity contribution in [1.82, 2.24) is 19.9 Å². The van der Waals surface area contributed by atoms with Crippen molar-refractivity contribution in [3.63, 3.8) is 0 Å². The first-order valence-electron chi connectivity index (χ1n) is 8.44. The second-order valence-electron chi connectivity index (χ2n) is 6.28. The first-order valence-corrected chi connectivity index (χ1v) is 8.44. The zero-order chi connectivity index (χ0) is 17.2. The zero-order valence-electron chi connectivity index (χ0n) is 13.8. The van der Waals surface area contributed by atoms with Gasteiger partial charge in [-0.2, -0.15) is 5.10 Å². The number of nitrogens with two attached hydrogens (primary N) is 1. The van der Waals surface area contributed by atoms with Crippen molar-refractivity contribution in [3.05, 3.63) is 53.0 Å². The first-order chi connectivity index (χ1) is 12.2. The number of benzene rings is 1. The minimum Gasteiger partial charge on any atom is -0.369 e. The van der Waals surface area contributed by atoms with E-state index in [4.69, 9.17) is 10.3 Å². The van der Waals surface area contributed by atoms with Gasteiger partial charge in [0.25, 0.3) is 0 Å². The number of aromatic nitrogens is 4. The van der Waals surface area contributed by atoms with Crippen LogP contribution in [0.1, 0.15) is 35.6 Å². The van der Waals surface area contributed by atoms with E-state index >= 15 is 0 Å². The molecule has 25 heavy (non-hydrogen) atoms. The summed E-state index contributed by atoms with van der Waals surface area (Å²) in [7, 11) is 0. The minimum absolute atomic E-state index is 0.00876. The van der Waals surface area contributed by atoms with Gasteiger partial charge in [0.05, 0.1) is 13.0 Å². The molecule has 1 aliphatic rings. The number of hydrogen-bond donors (Lipinski definition) is 1. The van der Waals surface area contributed by atoms with Gasteiger partial charge in [0.1, 0.15) is 5.76 Å². The SMILES string of the molecule is NC(=O)Cc1nc(-c2noc3c2CCCC3)n(Cc2ccccc2)n1. The average Bonchev–Trinajstić information content (AvgIpc) is 3.19. The topological polar surface area (TPSA) is 99.8 Å². The summed E-state index contributed by atoms with van der Waals surface area (Å²) in [5, 5.41) is 8.72. The highest BCUT2D eigenvalue weighted by Gasteiger charge is 2.25. The largest absolute Gasteiger partial charge is 0.369 e. The van der Waals surface area contributed by atoms with Crippen molar-refractivity contribution in [2.75, 3.05) is 0 Å². The fourth-order valence-electron chi connectivity index (χ4n) is 3.22. The van der Waals surface area contributed by atoms with E-state index in [-0.39, 0.29) is 6.42 Å². The molecule has 0 aliphatic heterocycles. The van der Waals surface area contributed by atoms with Gasteiger partial charge in [0, 0.05) is 12.0 Å². The molecule has 0 fully saturated rings. The van der Waals surface area contributed by atoms with E-state index in [0.717, 1.165) is 48.3 Å². The molecule has 0 saturated heterocycles. The molecule has 7 nitrogen and oxygen atoms in total. The van der Waals surface area contributed by atoms with Gasteiger partial charge in [0.15, 0.2) is 17.3 Å². The maximum atomic E-state index is 11.3. The Kier molecular flexibility index (Phi) is 4.05. The molecule has 128 valence electrons. The summed E-state index contributed by atoms with van der Waals surface area (Å²) in [5.41, 5.74) is 8.24. The van der Waals surface area contributed by atoms with Crippen molar-refractivity contribution >= 4 is 5.91 Å². The summed E-state index contributed by atoms with van der Waals surface area (Å²) in [4.78, 5) is 15.8. The van der Waals surface area contributed by atoms with E-state index in [0.29, 0.717) is 18.2 Å².